The monoisotopic (exact) mass is 1430 g/mol. The Morgan fingerprint density at radius 2 is 0.276 bits per heavy atom. The van der Waals surface area contributed by atoms with Crippen LogP contribution in [0.4, 0.5) is 0 Å². The lowest BCUT2D eigenvalue weighted by atomic mass is 9.82. The van der Waals surface area contributed by atoms with Crippen LogP contribution in [0.5, 0.6) is 0 Å². The van der Waals surface area contributed by atoms with Crippen LogP contribution >= 0.6 is 17.0 Å². The van der Waals surface area contributed by atoms with E-state index in [0.29, 0.717) is 0 Å². The van der Waals surface area contributed by atoms with E-state index in [4.69, 9.17) is 5.73 Å². The Labute approximate surface area is 587 Å². The number of quaternary nitrogens is 2. The third-order valence-corrected chi connectivity index (χ3v) is 20.0. The van der Waals surface area contributed by atoms with Gasteiger partial charge < -0.3 is 48.7 Å². The van der Waals surface area contributed by atoms with Crippen LogP contribution < -0.4 is 39.7 Å². The molecule has 0 aromatic heterocycles. The van der Waals surface area contributed by atoms with Crippen LogP contribution in [0.1, 0.15) is 468 Å². The number of unbranched alkanes of at least 4 members (excludes halogenated alkanes) is 47. The van der Waals surface area contributed by atoms with E-state index < -0.39 is 0 Å². The smallest absolute Gasteiger partial charge is 0.0786 e. The molecule has 0 heterocycles. The number of nitrogens with zero attached hydrogens (tertiary/aromatic N) is 2. The summed E-state index contributed by atoms with van der Waals surface area (Å²) in [5, 5.41) is 0. The maximum Gasteiger partial charge on any atom is 0.0786 e. The minimum absolute atomic E-state index is 0. The van der Waals surface area contributed by atoms with E-state index in [0.717, 1.165) is 0 Å². The molecule has 0 aromatic rings. The lowest BCUT2D eigenvalue weighted by Crippen LogP contribution is -3.00. The van der Waals surface area contributed by atoms with Gasteiger partial charge in [0.15, 0.2) is 0 Å². The summed E-state index contributed by atoms with van der Waals surface area (Å²) < 4.78 is 2.93. The fourth-order valence-corrected chi connectivity index (χ4v) is 13.9. The van der Waals surface area contributed by atoms with Crippen LogP contribution in [0, 0.1) is 0 Å². The normalized spacial score (nSPS) is 11.6. The van der Waals surface area contributed by atoms with E-state index in [1.807, 2.05) is 0 Å². The van der Waals surface area contributed by atoms with Gasteiger partial charge in [0.25, 0.3) is 0 Å². The Balaban J connectivity index is -0.000000281. The second kappa shape index (κ2) is 83.4. The van der Waals surface area contributed by atoms with Crippen molar-refractivity contribution in [3.8, 4) is 0 Å². The second-order valence-electron chi connectivity index (χ2n) is 28.7. The largest absolute Gasteiger partial charge is 1.00 e. The van der Waals surface area contributed by atoms with Crippen molar-refractivity contribution >= 4 is 17.0 Å². The van der Waals surface area contributed by atoms with E-state index in [-0.39, 0.29) is 56.5 Å². The summed E-state index contributed by atoms with van der Waals surface area (Å²) >= 11 is 0. The summed E-state index contributed by atoms with van der Waals surface area (Å²) in [5.74, 6) is 0. The van der Waals surface area contributed by atoms with Crippen molar-refractivity contribution in [3.63, 3.8) is 0 Å². The maximum atomic E-state index is 6.92. The van der Waals surface area contributed by atoms with E-state index in [2.05, 4.69) is 76.2 Å². The first kappa shape index (κ1) is 99.4. The number of halogens is 3. The van der Waals surface area contributed by atoms with E-state index in [9.17, 15) is 0 Å². The highest BCUT2D eigenvalue weighted by atomic mass is 79.9. The van der Waals surface area contributed by atoms with Gasteiger partial charge in [-0.2, -0.15) is 0 Å². The summed E-state index contributed by atoms with van der Waals surface area (Å²) in [7, 11) is 0. The molecule has 0 saturated heterocycles. The molecule has 0 unspecified atom stereocenters. The quantitative estimate of drug-likeness (QED) is 0.0477. The van der Waals surface area contributed by atoms with Crippen LogP contribution in [0.2, 0.25) is 0 Å². The molecule has 3 nitrogen and oxygen atoms in total. The van der Waals surface area contributed by atoms with Gasteiger partial charge >= 0.3 is 0 Å². The zero-order valence-electron chi connectivity index (χ0n) is 62.9. The van der Waals surface area contributed by atoms with Crippen LogP contribution in [0.15, 0.2) is 0 Å². The van der Waals surface area contributed by atoms with Crippen LogP contribution in [0.3, 0.4) is 0 Å². The molecule has 2 N–H and O–H groups in total. The first-order valence-electron chi connectivity index (χ1n) is 40.7. The summed E-state index contributed by atoms with van der Waals surface area (Å²) in [4.78, 5) is 0. The Morgan fingerprint density at radius 1 is 0.172 bits per heavy atom. The van der Waals surface area contributed by atoms with Gasteiger partial charge in [-0.25, -0.2) is 0 Å². The van der Waals surface area contributed by atoms with Crippen molar-refractivity contribution in [1.82, 2.24) is 0 Å². The van der Waals surface area contributed by atoms with E-state index >= 15 is 0 Å². The van der Waals surface area contributed by atoms with Crippen LogP contribution in [0.25, 0.3) is 0 Å². The molecule has 0 saturated carbocycles. The summed E-state index contributed by atoms with van der Waals surface area (Å²) in [6.45, 7) is 37.3. The molecule has 0 spiro atoms. The first-order chi connectivity index (χ1) is 41.2. The topological polar surface area (TPSA) is 26.0 Å². The average molecular weight is 1430 g/mol. The highest BCUT2D eigenvalue weighted by molar-refractivity contribution is 8.93. The molecule has 0 bridgehead atoms. The highest BCUT2D eigenvalue weighted by Crippen LogP contribution is 2.28. The fraction of sp³-hybridized carbons (Fsp3) is 1.00. The predicted molar refractivity (Wildman–Crippen MR) is 401 cm³/mol. The molecular formula is C81H174Br3N3. The zero-order valence-corrected chi connectivity index (χ0v) is 67.8. The van der Waals surface area contributed by atoms with Crippen LogP contribution in [-0.2, 0) is 0 Å². The first-order valence-corrected chi connectivity index (χ1v) is 40.7. The standard InChI is InChI=1S/C32H68N.C25H53N.C24H52N.3BrH/c1-5-9-13-17-21-25-29-33(30-26-22-18-14-10-6-2,31-27-23-19-15-11-7-3)32-28-24-20-16-12-8-4;1-4-7-10-13-16-19-22-25(26,23-20-17-14-11-8-5-2)24-21-18-15-12-9-6-3;1-5-9-13-17-21-25(22-18-14-10-6-2,23-19-15-11-7-3)24-20-16-12-8-4;;;/h5-32H2,1-4H3;4-24,26H2,1-3H3;5-24H2,1-4H3;3*1H/q+1;;+1;;;/p-2. The third-order valence-electron chi connectivity index (χ3n) is 20.0. The summed E-state index contributed by atoms with van der Waals surface area (Å²) in [5.41, 5.74) is 7.06. The molecule has 0 fully saturated rings. The predicted octanol–water partition coefficient (Wildman–Crippen LogP) is 22.9. The van der Waals surface area contributed by atoms with E-state index in [1.165, 1.54) is 453 Å². The second-order valence-corrected chi connectivity index (χ2v) is 28.7. The van der Waals surface area contributed by atoms with Gasteiger partial charge in [0, 0.05) is 5.54 Å². The molecule has 0 aliphatic heterocycles. The van der Waals surface area contributed by atoms with Crippen LogP contribution in [-0.4, -0.2) is 66.9 Å². The maximum absolute atomic E-state index is 6.92. The highest BCUT2D eigenvalue weighted by Gasteiger charge is 2.28. The van der Waals surface area contributed by atoms with Crippen molar-refractivity contribution in [3.05, 3.63) is 0 Å². The molecule has 6 heteroatoms. The van der Waals surface area contributed by atoms with Gasteiger partial charge in [-0.3, -0.25) is 0 Å². The lowest BCUT2D eigenvalue weighted by Gasteiger charge is -2.40. The Kier molecular flexibility index (Phi) is 95.3. The number of rotatable bonds is 69. The number of nitrogens with two attached hydrogens (primary N) is 1. The minimum Gasteiger partial charge on any atom is -1.00 e. The molecule has 87 heavy (non-hydrogen) atoms. The molecule has 0 aliphatic carbocycles. The van der Waals surface area contributed by atoms with Crippen molar-refractivity contribution in [2.24, 2.45) is 5.73 Å². The van der Waals surface area contributed by atoms with Gasteiger partial charge in [-0.15, -0.1) is 17.0 Å². The van der Waals surface area contributed by atoms with Crippen molar-refractivity contribution in [1.29, 1.82) is 0 Å². The third kappa shape index (κ3) is 74.6. The lowest BCUT2D eigenvalue weighted by molar-refractivity contribution is -0.929. The molecule has 0 amide bonds. The Bertz CT molecular complexity index is 989. The molecule has 0 rings (SSSR count). The molecular weight excluding hydrogens is 1250 g/mol. The Morgan fingerprint density at radius 3 is 0.414 bits per heavy atom. The number of hydrogen-bond acceptors (Lipinski definition) is 1. The molecule has 0 radical (unpaired) electrons. The van der Waals surface area contributed by atoms with Crippen molar-refractivity contribution in [2.75, 3.05) is 52.4 Å². The molecule has 534 valence electrons. The van der Waals surface area contributed by atoms with E-state index in [1.54, 1.807) is 0 Å². The summed E-state index contributed by atoms with van der Waals surface area (Å²) in [6, 6.07) is 0. The van der Waals surface area contributed by atoms with Crippen molar-refractivity contribution < 1.29 is 42.9 Å². The minimum atomic E-state index is 0. The molecule has 0 atom stereocenters. The number of hydrogen-bond donors (Lipinski definition) is 1. The fourth-order valence-electron chi connectivity index (χ4n) is 13.9. The molecule has 0 aromatic carbocycles. The van der Waals surface area contributed by atoms with Gasteiger partial charge in [0.05, 0.1) is 52.4 Å². The average Bonchev–Trinajstić information content (AvgIpc) is 3.72. The SMILES string of the molecule is Br.CCCCCCCCC(N)(CCCCCCCC)CCCCCCCC.CCCCCCCC[N+](CCCCCCCC)(CCCCCCCC)CCCCCCCC.CCCCCC[N+](CCCCCC)(CCCCCC)CCCCCC.[Br-].[Br-]. The van der Waals surface area contributed by atoms with Gasteiger partial charge in [0.2, 0.25) is 0 Å². The van der Waals surface area contributed by atoms with Gasteiger partial charge in [0.1, 0.15) is 0 Å². The van der Waals surface area contributed by atoms with Gasteiger partial charge in [-0.05, 0) is 122 Å². The zero-order chi connectivity index (χ0) is 62.3. The molecule has 0 aliphatic rings. The Hall–Kier alpha value is 1.32. The summed E-state index contributed by atoms with van der Waals surface area (Å²) in [6.07, 6.45) is 86.4. The van der Waals surface area contributed by atoms with Gasteiger partial charge in [-0.1, -0.05) is 346 Å². The van der Waals surface area contributed by atoms with Crippen molar-refractivity contribution in [2.45, 2.75) is 473 Å².